The second-order valence-corrected chi connectivity index (χ2v) is 7.80. The number of carbonyl (C=O) groups is 2. The van der Waals surface area contributed by atoms with Crippen LogP contribution in [-0.4, -0.2) is 55.4 Å². The van der Waals surface area contributed by atoms with Crippen LogP contribution in [0.5, 0.6) is 0 Å². The van der Waals surface area contributed by atoms with E-state index in [1.165, 1.54) is 7.11 Å². The zero-order valence-electron chi connectivity index (χ0n) is 16.0. The van der Waals surface area contributed by atoms with Crippen molar-refractivity contribution in [3.63, 3.8) is 0 Å². The number of nitrogens with one attached hydrogen (secondary N) is 1. The summed E-state index contributed by atoms with van der Waals surface area (Å²) in [5.41, 5.74) is 0.0850. The van der Waals surface area contributed by atoms with Gasteiger partial charge >= 0.3 is 5.97 Å². The predicted octanol–water partition coefficient (Wildman–Crippen LogP) is 1.45. The van der Waals surface area contributed by atoms with Gasteiger partial charge in [-0.05, 0) is 26.0 Å². The van der Waals surface area contributed by atoms with Crippen LogP contribution in [-0.2, 0) is 23.8 Å². The molecule has 1 saturated heterocycles. The fourth-order valence-corrected chi connectivity index (χ4v) is 4.53. The van der Waals surface area contributed by atoms with Crippen LogP contribution in [0.4, 0.5) is 0 Å². The van der Waals surface area contributed by atoms with Crippen LogP contribution >= 0.6 is 0 Å². The third kappa shape index (κ3) is 2.72. The van der Waals surface area contributed by atoms with E-state index in [-0.39, 0.29) is 24.1 Å². The summed E-state index contributed by atoms with van der Waals surface area (Å²) in [6.45, 7) is 4.29. The van der Waals surface area contributed by atoms with Gasteiger partial charge in [0.2, 0.25) is 0 Å². The Balaban J connectivity index is 1.71. The summed E-state index contributed by atoms with van der Waals surface area (Å²) >= 11 is 0. The number of ether oxygens (including phenoxy) is 3. The van der Waals surface area contributed by atoms with Gasteiger partial charge in [-0.2, -0.15) is 0 Å². The molecule has 3 aliphatic heterocycles. The molecule has 0 aromatic heterocycles. The summed E-state index contributed by atoms with van der Waals surface area (Å²) in [5.74, 6) is 0.723. The Morgan fingerprint density at radius 3 is 2.89 bits per heavy atom. The van der Waals surface area contributed by atoms with Gasteiger partial charge in [-0.15, -0.1) is 0 Å². The highest BCUT2D eigenvalue weighted by Gasteiger charge is 2.53. The topological polar surface area (TPSA) is 86.2 Å². The lowest BCUT2D eigenvalue weighted by Gasteiger charge is -2.44. The van der Waals surface area contributed by atoms with Crippen molar-refractivity contribution in [1.29, 1.82) is 0 Å². The van der Waals surface area contributed by atoms with E-state index in [1.807, 2.05) is 32.1 Å². The summed E-state index contributed by atoms with van der Waals surface area (Å²) in [6, 6.07) is -0.464. The van der Waals surface area contributed by atoms with E-state index in [1.54, 1.807) is 7.11 Å². The molecule has 2 unspecified atom stereocenters. The monoisotopic (exact) mass is 372 g/mol. The third-order valence-corrected chi connectivity index (χ3v) is 5.91. The van der Waals surface area contributed by atoms with Gasteiger partial charge in [0.1, 0.15) is 23.2 Å². The number of esters is 1. The minimum atomic E-state index is -0.738. The van der Waals surface area contributed by atoms with E-state index in [9.17, 15) is 9.59 Å². The molecular weight excluding hydrogens is 348 g/mol. The van der Waals surface area contributed by atoms with Gasteiger partial charge in [0, 0.05) is 24.5 Å². The van der Waals surface area contributed by atoms with Crippen molar-refractivity contribution in [2.24, 2.45) is 10.9 Å². The Hall–Kier alpha value is -2.41. The Morgan fingerprint density at radius 1 is 1.41 bits per heavy atom. The molecule has 1 aliphatic carbocycles. The molecule has 0 aromatic rings. The van der Waals surface area contributed by atoms with Crippen molar-refractivity contribution in [3.8, 4) is 0 Å². The zero-order valence-corrected chi connectivity index (χ0v) is 16.0. The maximum Gasteiger partial charge on any atom is 0.323 e. The fraction of sp³-hybridized carbons (Fsp3) is 0.550. The lowest BCUT2D eigenvalue weighted by Crippen LogP contribution is -2.49. The lowest BCUT2D eigenvalue weighted by atomic mass is 9.71. The summed E-state index contributed by atoms with van der Waals surface area (Å²) < 4.78 is 16.6. The number of Topliss-reactive ketones (excluding diaryl/α,β-unsaturated/α-hetero) is 1. The van der Waals surface area contributed by atoms with Crippen molar-refractivity contribution in [2.75, 3.05) is 20.8 Å². The average molecular weight is 372 g/mol. The number of nitrogens with zero attached hydrogens (tertiary/aromatic N) is 1. The SMILES string of the molecule is COC(=O)[C@@H]1C[C@@]2(CN1)CC(=O)C1=C(O2)C(C)=NC2(C)C=CC(OC)=CC12. The number of dihydropyridines is 1. The van der Waals surface area contributed by atoms with Gasteiger partial charge < -0.3 is 19.5 Å². The second kappa shape index (κ2) is 6.05. The number of rotatable bonds is 2. The van der Waals surface area contributed by atoms with E-state index in [0.29, 0.717) is 35.8 Å². The molecule has 1 spiro atoms. The van der Waals surface area contributed by atoms with E-state index in [0.717, 1.165) is 0 Å². The first-order chi connectivity index (χ1) is 12.8. The van der Waals surface area contributed by atoms with Crippen LogP contribution in [0.15, 0.2) is 40.3 Å². The molecule has 1 fully saturated rings. The van der Waals surface area contributed by atoms with Crippen molar-refractivity contribution < 1.29 is 23.8 Å². The summed E-state index contributed by atoms with van der Waals surface area (Å²) in [7, 11) is 2.97. The molecule has 7 heteroatoms. The molecule has 7 nitrogen and oxygen atoms in total. The average Bonchev–Trinajstić information content (AvgIpc) is 3.04. The standard InChI is InChI=1S/C20H24N2O5/c1-11-17-16(13-7-12(25-3)5-6-19(13,2)22-11)15(23)9-20(27-17)8-14(21-10-20)18(24)26-4/h5-7,13-14,21H,8-10H2,1-4H3/t13?,14-,19?,20-/m0/s1. The van der Waals surface area contributed by atoms with E-state index < -0.39 is 17.2 Å². The minimum absolute atomic E-state index is 0.0380. The number of allylic oxidation sites excluding steroid dienone is 2. The first-order valence-electron chi connectivity index (χ1n) is 9.10. The molecule has 27 heavy (non-hydrogen) atoms. The molecule has 1 N–H and O–H groups in total. The van der Waals surface area contributed by atoms with Crippen molar-refractivity contribution in [2.45, 2.75) is 43.9 Å². The van der Waals surface area contributed by atoms with Crippen LogP contribution < -0.4 is 5.32 Å². The normalized spacial score (nSPS) is 37.3. The van der Waals surface area contributed by atoms with Crippen molar-refractivity contribution in [3.05, 3.63) is 35.3 Å². The Morgan fingerprint density at radius 2 is 2.19 bits per heavy atom. The molecular formula is C20H24N2O5. The number of carbonyl (C=O) groups excluding carboxylic acids is 2. The smallest absolute Gasteiger partial charge is 0.323 e. The lowest BCUT2D eigenvalue weighted by molar-refractivity contribution is -0.143. The third-order valence-electron chi connectivity index (χ3n) is 5.91. The number of hydrogen-bond donors (Lipinski definition) is 1. The van der Waals surface area contributed by atoms with E-state index in [4.69, 9.17) is 19.2 Å². The van der Waals surface area contributed by atoms with Crippen LogP contribution in [0.1, 0.15) is 26.7 Å². The molecule has 3 heterocycles. The molecule has 0 amide bonds. The van der Waals surface area contributed by atoms with Crippen molar-refractivity contribution >= 4 is 17.5 Å². The molecule has 0 radical (unpaired) electrons. The highest BCUT2D eigenvalue weighted by molar-refractivity contribution is 6.10. The molecule has 144 valence electrons. The molecule has 0 saturated carbocycles. The Kier molecular flexibility index (Phi) is 4.03. The highest BCUT2D eigenvalue weighted by atomic mass is 16.5. The molecule has 0 bridgehead atoms. The predicted molar refractivity (Wildman–Crippen MR) is 98.1 cm³/mol. The van der Waals surface area contributed by atoms with Crippen molar-refractivity contribution in [1.82, 2.24) is 5.32 Å². The summed E-state index contributed by atoms with van der Waals surface area (Å²) in [4.78, 5) is 30.0. The Labute approximate surface area is 158 Å². The molecule has 4 atom stereocenters. The number of methoxy groups -OCH3 is 2. The van der Waals surface area contributed by atoms with Gasteiger partial charge in [-0.25, -0.2) is 0 Å². The fourth-order valence-electron chi connectivity index (χ4n) is 4.53. The number of hydrogen-bond acceptors (Lipinski definition) is 7. The second-order valence-electron chi connectivity index (χ2n) is 7.80. The van der Waals surface area contributed by atoms with Crippen LogP contribution in [0.3, 0.4) is 0 Å². The largest absolute Gasteiger partial charge is 0.497 e. The van der Waals surface area contributed by atoms with Gasteiger partial charge in [0.15, 0.2) is 5.78 Å². The number of fused-ring (bicyclic) bond motifs is 2. The highest BCUT2D eigenvalue weighted by Crippen LogP contribution is 2.47. The molecule has 4 rings (SSSR count). The zero-order chi connectivity index (χ0) is 19.4. The van der Waals surface area contributed by atoms with Gasteiger partial charge in [-0.1, -0.05) is 6.08 Å². The molecule has 0 aromatic carbocycles. The van der Waals surface area contributed by atoms with Crippen LogP contribution in [0, 0.1) is 5.92 Å². The van der Waals surface area contributed by atoms with Gasteiger partial charge in [-0.3, -0.25) is 14.6 Å². The first-order valence-corrected chi connectivity index (χ1v) is 9.10. The van der Waals surface area contributed by atoms with Gasteiger partial charge in [0.25, 0.3) is 0 Å². The number of ketones is 1. The van der Waals surface area contributed by atoms with Crippen LogP contribution in [0.2, 0.25) is 0 Å². The first kappa shape index (κ1) is 18.0. The maximum atomic E-state index is 13.2. The minimum Gasteiger partial charge on any atom is -0.497 e. The molecule has 4 aliphatic rings. The summed E-state index contributed by atoms with van der Waals surface area (Å²) in [5, 5.41) is 3.12. The van der Waals surface area contributed by atoms with Gasteiger partial charge in [0.05, 0.1) is 31.9 Å². The maximum absolute atomic E-state index is 13.2. The van der Waals surface area contributed by atoms with E-state index >= 15 is 0 Å². The Bertz CT molecular complexity index is 839. The number of aliphatic imine (C=N–C) groups is 1. The van der Waals surface area contributed by atoms with Crippen LogP contribution in [0.25, 0.3) is 0 Å². The summed E-state index contributed by atoms with van der Waals surface area (Å²) in [6.07, 6.45) is 6.43. The van der Waals surface area contributed by atoms with E-state index in [2.05, 4.69) is 5.32 Å². The quantitative estimate of drug-likeness (QED) is 0.739.